The Bertz CT molecular complexity index is 562. The van der Waals surface area contributed by atoms with Crippen LogP contribution in [0.5, 0.6) is 5.75 Å². The average Bonchev–Trinajstić information content (AvgIpc) is 2.47. The monoisotopic (exact) mass is 313 g/mol. The summed E-state index contributed by atoms with van der Waals surface area (Å²) < 4.78 is 28.3. The lowest BCUT2D eigenvalue weighted by molar-refractivity contribution is 0.339. The normalized spacial score (nSPS) is 19.5. The van der Waals surface area contributed by atoms with E-state index in [1.807, 2.05) is 6.07 Å². The summed E-state index contributed by atoms with van der Waals surface area (Å²) >= 11 is 0. The Morgan fingerprint density at radius 1 is 1.48 bits per heavy atom. The number of nitrogens with zero attached hydrogens (tertiary/aromatic N) is 2. The number of rotatable bonds is 6. The molecule has 0 spiro atoms. The fraction of sp³-hybridized carbons (Fsp3) is 0.643. The van der Waals surface area contributed by atoms with Gasteiger partial charge in [-0.15, -0.1) is 0 Å². The molecule has 1 aromatic heterocycles. The molecule has 2 rings (SSSR count). The Morgan fingerprint density at radius 2 is 2.29 bits per heavy atom. The van der Waals surface area contributed by atoms with Gasteiger partial charge in [0.1, 0.15) is 12.4 Å². The van der Waals surface area contributed by atoms with Gasteiger partial charge in [-0.25, -0.2) is 8.42 Å². The molecule has 1 aromatic rings. The third-order valence-electron chi connectivity index (χ3n) is 3.62. The van der Waals surface area contributed by atoms with Gasteiger partial charge in [-0.3, -0.25) is 4.98 Å². The molecule has 0 bridgehead atoms. The summed E-state index contributed by atoms with van der Waals surface area (Å²) in [6.07, 6.45) is 5.51. The summed E-state index contributed by atoms with van der Waals surface area (Å²) in [4.78, 5) is 6.35. The standard InChI is InChI=1S/C14H23N3O3S/c1-2-21(18,19)7-6-20-14-8-13(9-16-10-14)17-5-3-4-12(15)11-17/h8-10,12H,2-7,11,15H2,1H3. The fourth-order valence-electron chi connectivity index (χ4n) is 2.33. The molecule has 0 saturated carbocycles. The number of nitrogens with two attached hydrogens (primary N) is 1. The highest BCUT2D eigenvalue weighted by molar-refractivity contribution is 7.91. The third kappa shape index (κ3) is 4.86. The van der Waals surface area contributed by atoms with Gasteiger partial charge in [-0.05, 0) is 12.8 Å². The second-order valence-electron chi connectivity index (χ2n) is 5.31. The topological polar surface area (TPSA) is 85.5 Å². The lowest BCUT2D eigenvalue weighted by Gasteiger charge is -2.32. The lowest BCUT2D eigenvalue weighted by Crippen LogP contribution is -2.42. The number of anilines is 1. The molecular formula is C14H23N3O3S. The van der Waals surface area contributed by atoms with Crippen LogP contribution in [0.4, 0.5) is 5.69 Å². The molecule has 0 aromatic carbocycles. The third-order valence-corrected chi connectivity index (χ3v) is 5.29. The molecule has 0 aliphatic carbocycles. The molecule has 1 fully saturated rings. The zero-order chi connectivity index (χ0) is 15.3. The molecule has 1 unspecified atom stereocenters. The first-order valence-electron chi connectivity index (χ1n) is 7.29. The quantitative estimate of drug-likeness (QED) is 0.837. The van der Waals surface area contributed by atoms with Crippen molar-refractivity contribution in [2.45, 2.75) is 25.8 Å². The van der Waals surface area contributed by atoms with E-state index in [4.69, 9.17) is 10.5 Å². The second kappa shape index (κ2) is 7.09. The zero-order valence-corrected chi connectivity index (χ0v) is 13.2. The number of aromatic nitrogens is 1. The molecule has 1 aliphatic heterocycles. The van der Waals surface area contributed by atoms with Crippen molar-refractivity contribution in [1.82, 2.24) is 4.98 Å². The van der Waals surface area contributed by atoms with E-state index < -0.39 is 9.84 Å². The minimum atomic E-state index is -3.00. The molecule has 0 radical (unpaired) electrons. The van der Waals surface area contributed by atoms with Crippen LogP contribution < -0.4 is 15.4 Å². The van der Waals surface area contributed by atoms with Gasteiger partial charge >= 0.3 is 0 Å². The van der Waals surface area contributed by atoms with Crippen LogP contribution in [0.25, 0.3) is 0 Å². The summed E-state index contributed by atoms with van der Waals surface area (Å²) in [6.45, 7) is 3.57. The van der Waals surface area contributed by atoms with Crippen LogP contribution in [0.3, 0.4) is 0 Å². The zero-order valence-electron chi connectivity index (χ0n) is 12.4. The predicted molar refractivity (Wildman–Crippen MR) is 83.5 cm³/mol. The van der Waals surface area contributed by atoms with E-state index in [0.29, 0.717) is 5.75 Å². The van der Waals surface area contributed by atoms with Gasteiger partial charge in [0.25, 0.3) is 0 Å². The van der Waals surface area contributed by atoms with E-state index in [9.17, 15) is 8.42 Å². The first-order valence-corrected chi connectivity index (χ1v) is 9.11. The summed E-state index contributed by atoms with van der Waals surface area (Å²) in [5, 5.41) is 0. The smallest absolute Gasteiger partial charge is 0.153 e. The number of piperidine rings is 1. The van der Waals surface area contributed by atoms with E-state index in [1.165, 1.54) is 0 Å². The summed E-state index contributed by atoms with van der Waals surface area (Å²) in [5.41, 5.74) is 6.96. The first kappa shape index (κ1) is 16.0. The Labute approximate surface area is 126 Å². The summed E-state index contributed by atoms with van der Waals surface area (Å²) in [6, 6.07) is 2.09. The van der Waals surface area contributed by atoms with Crippen molar-refractivity contribution < 1.29 is 13.2 Å². The second-order valence-corrected chi connectivity index (χ2v) is 7.78. The van der Waals surface area contributed by atoms with Crippen molar-refractivity contribution >= 4 is 15.5 Å². The highest BCUT2D eigenvalue weighted by Crippen LogP contribution is 2.22. The van der Waals surface area contributed by atoms with E-state index in [2.05, 4.69) is 9.88 Å². The predicted octanol–water partition coefficient (Wildman–Crippen LogP) is 0.823. The van der Waals surface area contributed by atoms with Crippen molar-refractivity contribution in [1.29, 1.82) is 0 Å². The van der Waals surface area contributed by atoms with Crippen LogP contribution >= 0.6 is 0 Å². The minimum Gasteiger partial charge on any atom is -0.491 e. The van der Waals surface area contributed by atoms with Crippen molar-refractivity contribution in [2.75, 3.05) is 36.1 Å². The van der Waals surface area contributed by atoms with Gasteiger partial charge < -0.3 is 15.4 Å². The fourth-order valence-corrected chi connectivity index (χ4v) is 2.96. The number of hydrogen-bond acceptors (Lipinski definition) is 6. The maximum atomic E-state index is 11.4. The van der Waals surface area contributed by atoms with Crippen molar-refractivity contribution in [3.05, 3.63) is 18.5 Å². The lowest BCUT2D eigenvalue weighted by atomic mass is 10.1. The highest BCUT2D eigenvalue weighted by atomic mass is 32.2. The summed E-state index contributed by atoms with van der Waals surface area (Å²) in [7, 11) is -3.00. The van der Waals surface area contributed by atoms with Gasteiger partial charge in [0.15, 0.2) is 9.84 Å². The van der Waals surface area contributed by atoms with Crippen LogP contribution in [0.1, 0.15) is 19.8 Å². The molecule has 0 amide bonds. The molecule has 1 aliphatic rings. The molecule has 21 heavy (non-hydrogen) atoms. The van der Waals surface area contributed by atoms with Crippen molar-refractivity contribution in [3.8, 4) is 5.75 Å². The average molecular weight is 313 g/mol. The SMILES string of the molecule is CCS(=O)(=O)CCOc1cncc(N2CCCC(N)C2)c1. The first-order chi connectivity index (χ1) is 10.00. The maximum absolute atomic E-state index is 11.4. The van der Waals surface area contributed by atoms with Gasteiger partial charge in [-0.2, -0.15) is 0 Å². The van der Waals surface area contributed by atoms with Gasteiger partial charge in [0, 0.05) is 31.0 Å². The number of sulfone groups is 1. The van der Waals surface area contributed by atoms with Crippen LogP contribution in [0.2, 0.25) is 0 Å². The molecule has 2 N–H and O–H groups in total. The van der Waals surface area contributed by atoms with Crippen LogP contribution in [0, 0.1) is 0 Å². The van der Waals surface area contributed by atoms with E-state index in [1.54, 1.807) is 19.3 Å². The molecule has 2 heterocycles. The molecule has 1 saturated heterocycles. The van der Waals surface area contributed by atoms with Crippen molar-refractivity contribution in [2.24, 2.45) is 5.73 Å². The highest BCUT2D eigenvalue weighted by Gasteiger charge is 2.17. The molecule has 6 nitrogen and oxygen atoms in total. The summed E-state index contributed by atoms with van der Waals surface area (Å²) in [5.74, 6) is 0.765. The number of ether oxygens (including phenoxy) is 1. The number of pyridine rings is 1. The van der Waals surface area contributed by atoms with E-state index >= 15 is 0 Å². The molecular weight excluding hydrogens is 290 g/mol. The Balaban J connectivity index is 1.94. The Kier molecular flexibility index (Phi) is 5.41. The Morgan fingerprint density at radius 3 is 3.00 bits per heavy atom. The van der Waals surface area contributed by atoms with Gasteiger partial charge in [-0.1, -0.05) is 6.92 Å². The van der Waals surface area contributed by atoms with Crippen molar-refractivity contribution in [3.63, 3.8) is 0 Å². The number of hydrogen-bond donors (Lipinski definition) is 1. The minimum absolute atomic E-state index is 0.0301. The molecule has 7 heteroatoms. The Hall–Kier alpha value is -1.34. The van der Waals surface area contributed by atoms with E-state index in [-0.39, 0.29) is 24.2 Å². The van der Waals surface area contributed by atoms with Crippen LogP contribution in [-0.4, -0.2) is 50.6 Å². The molecule has 1 atom stereocenters. The van der Waals surface area contributed by atoms with Crippen LogP contribution in [0.15, 0.2) is 18.5 Å². The van der Waals surface area contributed by atoms with E-state index in [0.717, 1.165) is 31.6 Å². The van der Waals surface area contributed by atoms with Gasteiger partial charge in [0.05, 0.1) is 23.8 Å². The van der Waals surface area contributed by atoms with Gasteiger partial charge in [0.2, 0.25) is 0 Å². The molecule has 118 valence electrons. The maximum Gasteiger partial charge on any atom is 0.153 e. The largest absolute Gasteiger partial charge is 0.491 e. The van der Waals surface area contributed by atoms with Crippen LogP contribution in [-0.2, 0) is 9.84 Å².